The molecule has 3 rings (SSSR count). The van der Waals surface area contributed by atoms with Crippen molar-refractivity contribution in [2.24, 2.45) is 0 Å². The molecule has 112 valence electrons. The summed E-state index contributed by atoms with van der Waals surface area (Å²) in [6.07, 6.45) is 1.90. The van der Waals surface area contributed by atoms with Crippen LogP contribution >= 0.6 is 35.3 Å². The van der Waals surface area contributed by atoms with Crippen molar-refractivity contribution >= 4 is 57.3 Å². The molecular formula is C16H13NO2S3. The van der Waals surface area contributed by atoms with Crippen molar-refractivity contribution in [3.63, 3.8) is 0 Å². The molecule has 0 spiro atoms. The van der Waals surface area contributed by atoms with Gasteiger partial charge in [-0.3, -0.25) is 9.69 Å². The molecule has 2 aromatic rings. The van der Waals surface area contributed by atoms with Crippen LogP contribution in [0.25, 0.3) is 6.08 Å². The molecule has 22 heavy (non-hydrogen) atoms. The van der Waals surface area contributed by atoms with Gasteiger partial charge in [-0.2, -0.15) is 0 Å². The van der Waals surface area contributed by atoms with Crippen LogP contribution in [0.3, 0.4) is 0 Å². The minimum absolute atomic E-state index is 0.106. The zero-order valence-electron chi connectivity index (χ0n) is 12.0. The fourth-order valence-corrected chi connectivity index (χ4v) is 4.32. The molecule has 1 aromatic carbocycles. The van der Waals surface area contributed by atoms with Crippen LogP contribution in [0.2, 0.25) is 0 Å². The molecule has 1 aliphatic heterocycles. The average molecular weight is 347 g/mol. The summed E-state index contributed by atoms with van der Waals surface area (Å²) in [6.45, 7) is 2.04. The maximum atomic E-state index is 12.7. The van der Waals surface area contributed by atoms with E-state index in [1.54, 1.807) is 18.4 Å². The Hall–Kier alpha value is -1.63. The van der Waals surface area contributed by atoms with E-state index in [0.29, 0.717) is 20.7 Å². The van der Waals surface area contributed by atoms with E-state index >= 15 is 0 Å². The number of nitrogens with zero attached hydrogens (tertiary/aromatic N) is 1. The van der Waals surface area contributed by atoms with Crippen molar-refractivity contribution in [2.75, 3.05) is 12.0 Å². The lowest BCUT2D eigenvalue weighted by molar-refractivity contribution is -0.113. The maximum Gasteiger partial charge on any atom is 0.270 e. The van der Waals surface area contributed by atoms with Gasteiger partial charge in [-0.25, -0.2) is 0 Å². The first kappa shape index (κ1) is 15.3. The zero-order chi connectivity index (χ0) is 15.7. The molecule has 1 amide bonds. The summed E-state index contributed by atoms with van der Waals surface area (Å²) in [6, 6.07) is 11.4. The Bertz CT molecular complexity index is 779. The molecular weight excluding hydrogens is 334 g/mol. The van der Waals surface area contributed by atoms with Gasteiger partial charge in [0.25, 0.3) is 5.91 Å². The highest BCUT2D eigenvalue weighted by Crippen LogP contribution is 2.40. The Labute approximate surface area is 142 Å². The van der Waals surface area contributed by atoms with Crippen LogP contribution in [0.5, 0.6) is 5.75 Å². The third-order valence-corrected chi connectivity index (χ3v) is 5.40. The van der Waals surface area contributed by atoms with Crippen LogP contribution in [0.15, 0.2) is 41.3 Å². The molecule has 0 bridgehead atoms. The quantitative estimate of drug-likeness (QED) is 0.605. The Morgan fingerprint density at radius 1 is 1.23 bits per heavy atom. The van der Waals surface area contributed by atoms with Gasteiger partial charge < -0.3 is 4.74 Å². The average Bonchev–Trinajstić information content (AvgIpc) is 3.03. The van der Waals surface area contributed by atoms with Crippen molar-refractivity contribution in [1.82, 2.24) is 0 Å². The van der Waals surface area contributed by atoms with E-state index in [-0.39, 0.29) is 5.91 Å². The van der Waals surface area contributed by atoms with Gasteiger partial charge in [0.15, 0.2) is 4.32 Å². The largest absolute Gasteiger partial charge is 0.495 e. The molecule has 3 nitrogen and oxygen atoms in total. The molecule has 0 radical (unpaired) electrons. The van der Waals surface area contributed by atoms with E-state index in [2.05, 4.69) is 0 Å². The fourth-order valence-electron chi connectivity index (χ4n) is 2.15. The smallest absolute Gasteiger partial charge is 0.270 e. The van der Waals surface area contributed by atoms with Crippen LogP contribution in [0, 0.1) is 6.92 Å². The van der Waals surface area contributed by atoms with Gasteiger partial charge in [0.1, 0.15) is 5.75 Å². The predicted octanol–water partition coefficient (Wildman–Crippen LogP) is 4.47. The second kappa shape index (κ2) is 6.24. The predicted molar refractivity (Wildman–Crippen MR) is 97.7 cm³/mol. The van der Waals surface area contributed by atoms with Crippen molar-refractivity contribution in [2.45, 2.75) is 6.92 Å². The number of thiocarbonyl (C=S) groups is 1. The highest BCUT2D eigenvalue weighted by molar-refractivity contribution is 8.27. The Kier molecular flexibility index (Phi) is 4.33. The molecule has 0 atom stereocenters. The first-order valence-electron chi connectivity index (χ1n) is 6.57. The number of thioether (sulfide) groups is 1. The molecule has 0 saturated carbocycles. The van der Waals surface area contributed by atoms with E-state index in [9.17, 15) is 4.79 Å². The summed E-state index contributed by atoms with van der Waals surface area (Å²) in [7, 11) is 1.58. The number of para-hydroxylation sites is 2. The van der Waals surface area contributed by atoms with Crippen molar-refractivity contribution in [3.05, 3.63) is 51.1 Å². The third-order valence-electron chi connectivity index (χ3n) is 3.15. The zero-order valence-corrected chi connectivity index (χ0v) is 14.5. The Morgan fingerprint density at radius 2 is 2.00 bits per heavy atom. The Balaban J connectivity index is 1.97. The molecule has 6 heteroatoms. The normalized spacial score (nSPS) is 16.6. The maximum absolute atomic E-state index is 12.7. The minimum atomic E-state index is -0.106. The molecule has 1 fully saturated rings. The first-order valence-corrected chi connectivity index (χ1v) is 8.61. The summed E-state index contributed by atoms with van der Waals surface area (Å²) in [5.74, 6) is 0.526. The van der Waals surface area contributed by atoms with Crippen LogP contribution in [-0.4, -0.2) is 17.3 Å². The summed E-state index contributed by atoms with van der Waals surface area (Å²) >= 11 is 8.35. The number of carbonyl (C=O) groups excluding carboxylic acids is 1. The number of anilines is 1. The fraction of sp³-hybridized carbons (Fsp3) is 0.125. The van der Waals surface area contributed by atoms with Crippen LogP contribution in [0.4, 0.5) is 5.69 Å². The number of amides is 1. The molecule has 0 aliphatic carbocycles. The number of rotatable bonds is 3. The first-order chi connectivity index (χ1) is 10.6. The molecule has 1 aliphatic rings. The van der Waals surface area contributed by atoms with Gasteiger partial charge in [-0.1, -0.05) is 36.1 Å². The number of ether oxygens (including phenoxy) is 1. The number of thiophene rings is 1. The van der Waals surface area contributed by atoms with Crippen LogP contribution < -0.4 is 9.64 Å². The van der Waals surface area contributed by atoms with Crippen molar-refractivity contribution in [3.8, 4) is 5.75 Å². The van der Waals surface area contributed by atoms with Gasteiger partial charge in [0.05, 0.1) is 17.7 Å². The van der Waals surface area contributed by atoms with Gasteiger partial charge in [0, 0.05) is 9.75 Å². The summed E-state index contributed by atoms with van der Waals surface area (Å²) in [4.78, 5) is 17.1. The van der Waals surface area contributed by atoms with Crippen molar-refractivity contribution < 1.29 is 9.53 Å². The summed E-state index contributed by atoms with van der Waals surface area (Å²) in [5.41, 5.74) is 0.679. The summed E-state index contributed by atoms with van der Waals surface area (Å²) in [5, 5.41) is 0. The monoisotopic (exact) mass is 347 g/mol. The second-order valence-electron chi connectivity index (χ2n) is 4.64. The highest BCUT2D eigenvalue weighted by Gasteiger charge is 2.34. The molecule has 0 N–H and O–H groups in total. The van der Waals surface area contributed by atoms with Gasteiger partial charge in [0.2, 0.25) is 0 Å². The number of aryl methyl sites for hydroxylation is 1. The second-order valence-corrected chi connectivity index (χ2v) is 7.63. The van der Waals surface area contributed by atoms with Gasteiger partial charge in [-0.15, -0.1) is 11.3 Å². The lowest BCUT2D eigenvalue weighted by atomic mass is 10.2. The Morgan fingerprint density at radius 3 is 2.68 bits per heavy atom. The number of methoxy groups -OCH3 is 1. The number of hydrogen-bond acceptors (Lipinski definition) is 5. The lowest BCUT2D eigenvalue weighted by Gasteiger charge is -2.17. The lowest BCUT2D eigenvalue weighted by Crippen LogP contribution is -2.27. The van der Waals surface area contributed by atoms with E-state index in [0.717, 1.165) is 4.88 Å². The summed E-state index contributed by atoms with van der Waals surface area (Å²) < 4.78 is 5.85. The van der Waals surface area contributed by atoms with E-state index in [1.165, 1.54) is 21.5 Å². The van der Waals surface area contributed by atoms with E-state index in [1.807, 2.05) is 49.4 Å². The van der Waals surface area contributed by atoms with Crippen LogP contribution in [0.1, 0.15) is 9.75 Å². The molecule has 1 saturated heterocycles. The topological polar surface area (TPSA) is 29.5 Å². The van der Waals surface area contributed by atoms with E-state index in [4.69, 9.17) is 17.0 Å². The van der Waals surface area contributed by atoms with Gasteiger partial charge >= 0.3 is 0 Å². The number of hydrogen-bond donors (Lipinski definition) is 0. The minimum Gasteiger partial charge on any atom is -0.495 e. The van der Waals surface area contributed by atoms with Gasteiger partial charge in [-0.05, 0) is 37.3 Å². The SMILES string of the molecule is COc1ccccc1N1C(=O)/C(=C\c2ccc(C)s2)SC1=S. The highest BCUT2D eigenvalue weighted by atomic mass is 32.2. The number of benzene rings is 1. The third kappa shape index (κ3) is 2.82. The molecule has 1 aromatic heterocycles. The molecule has 0 unspecified atom stereocenters. The number of carbonyl (C=O) groups is 1. The van der Waals surface area contributed by atoms with Crippen molar-refractivity contribution in [1.29, 1.82) is 0 Å². The van der Waals surface area contributed by atoms with E-state index < -0.39 is 0 Å². The standard InChI is InChI=1S/C16H13NO2S3/c1-10-7-8-11(21-10)9-14-15(18)17(16(20)22-14)12-5-3-4-6-13(12)19-2/h3-9H,1-2H3/b14-9+. The van der Waals surface area contributed by atoms with Crippen LogP contribution in [-0.2, 0) is 4.79 Å². The molecule has 2 heterocycles.